The van der Waals surface area contributed by atoms with Gasteiger partial charge in [0.05, 0.1) is 17.7 Å². The molecule has 14 heteroatoms. The average molecular weight is 450 g/mol. The maximum absolute atomic E-state index is 15.1. The van der Waals surface area contributed by atoms with Crippen molar-refractivity contribution in [1.82, 2.24) is 9.55 Å². The molecule has 0 bridgehead atoms. The van der Waals surface area contributed by atoms with Crippen LogP contribution in [0.1, 0.15) is 20.1 Å². The van der Waals surface area contributed by atoms with Crippen molar-refractivity contribution < 1.29 is 31.5 Å². The number of hydrogen-bond donors (Lipinski definition) is 1. The molecule has 0 amide bonds. The molecule has 2 saturated heterocycles. The quantitative estimate of drug-likeness (QED) is 0.700. The van der Waals surface area contributed by atoms with Crippen molar-refractivity contribution in [3.8, 4) is 0 Å². The number of anilines is 1. The van der Waals surface area contributed by atoms with Gasteiger partial charge in [-0.25, -0.2) is 18.0 Å². The van der Waals surface area contributed by atoms with Gasteiger partial charge in [-0.05, 0) is 25.7 Å². The smallest absolute Gasteiger partial charge is 0.351 e. The van der Waals surface area contributed by atoms with Crippen LogP contribution < -0.4 is 11.4 Å². The number of fused-ring (bicyclic) bond motifs is 1. The summed E-state index contributed by atoms with van der Waals surface area (Å²) in [6.07, 6.45) is -8.47. The van der Waals surface area contributed by atoms with Gasteiger partial charge in [0.2, 0.25) is 0 Å². The molecular formula is C13H16ClF3N3O5PS. The Hall–Kier alpha value is -0.750. The second-order valence-corrected chi connectivity index (χ2v) is 9.60. The molecule has 152 valence electrons. The van der Waals surface area contributed by atoms with Crippen LogP contribution in [0.2, 0.25) is 5.02 Å². The van der Waals surface area contributed by atoms with Gasteiger partial charge in [-0.1, -0.05) is 11.6 Å². The fourth-order valence-electron chi connectivity index (χ4n) is 2.79. The van der Waals surface area contributed by atoms with Crippen LogP contribution in [0.15, 0.2) is 11.0 Å². The summed E-state index contributed by atoms with van der Waals surface area (Å²) in [5.41, 5.74) is 1.92. The van der Waals surface area contributed by atoms with E-state index < -0.39 is 55.6 Å². The number of alkyl halides is 3. The number of nitrogens with two attached hydrogens (primary N) is 1. The van der Waals surface area contributed by atoms with E-state index in [4.69, 9.17) is 47.4 Å². The third-order valence-electron chi connectivity index (χ3n) is 3.99. The van der Waals surface area contributed by atoms with Crippen molar-refractivity contribution in [3.05, 3.63) is 21.7 Å². The second-order valence-electron chi connectivity index (χ2n) is 6.27. The van der Waals surface area contributed by atoms with Crippen molar-refractivity contribution in [2.45, 2.75) is 50.5 Å². The molecule has 0 aromatic carbocycles. The van der Waals surface area contributed by atoms with E-state index in [1.165, 1.54) is 0 Å². The summed E-state index contributed by atoms with van der Waals surface area (Å²) in [6, 6.07) is 0. The standard InChI is InChI=1S/C13H16ClF3N3O5PS/c1-5(2)24-26(27)22-4-13(11(16)17)8(25-26)7(15)10(23-13)20-3-6(14)9(18)19-12(20)21/h3,5,7-8,10-11H,4H2,1-2H3,(H2,18,19,21)/t7-,8-,10+,13+,26?/m0/s1. The molecule has 2 aliphatic heterocycles. The van der Waals surface area contributed by atoms with Crippen molar-refractivity contribution in [2.75, 3.05) is 12.3 Å². The molecule has 2 aliphatic rings. The zero-order valence-corrected chi connectivity index (χ0v) is 16.5. The molecule has 0 radical (unpaired) electrons. The highest BCUT2D eigenvalue weighted by molar-refractivity contribution is 8.07. The molecule has 1 aromatic heterocycles. The number of halogens is 4. The van der Waals surface area contributed by atoms with E-state index in [-0.39, 0.29) is 10.8 Å². The third-order valence-corrected chi connectivity index (χ3v) is 6.73. The van der Waals surface area contributed by atoms with Gasteiger partial charge in [0.25, 0.3) is 6.43 Å². The van der Waals surface area contributed by atoms with Crippen LogP contribution in [0, 0.1) is 0 Å². The summed E-state index contributed by atoms with van der Waals surface area (Å²) in [4.78, 5) is 15.5. The van der Waals surface area contributed by atoms with Gasteiger partial charge in [0.15, 0.2) is 18.0 Å². The molecule has 2 N–H and O–H groups in total. The minimum Gasteiger partial charge on any atom is -0.382 e. The van der Waals surface area contributed by atoms with Crippen LogP contribution in [0.25, 0.3) is 0 Å². The third kappa shape index (κ3) is 3.64. The SMILES string of the molecule is CC(C)OP1(=S)OC[C@@]2(C(F)F)O[C@@H](n3cc(Cl)c(N)nc3=O)[C@@H](F)[C@@H]2O1. The van der Waals surface area contributed by atoms with Crippen LogP contribution in [0.3, 0.4) is 0 Å². The Balaban J connectivity index is 2.00. The number of aromatic nitrogens is 2. The van der Waals surface area contributed by atoms with Crippen molar-refractivity contribution in [3.63, 3.8) is 0 Å². The lowest BCUT2D eigenvalue weighted by atomic mass is 9.97. The highest BCUT2D eigenvalue weighted by atomic mass is 35.5. The maximum Gasteiger partial charge on any atom is 0.351 e. The van der Waals surface area contributed by atoms with Gasteiger partial charge in [-0.3, -0.25) is 9.09 Å². The predicted molar refractivity (Wildman–Crippen MR) is 93.0 cm³/mol. The predicted octanol–water partition coefficient (Wildman–Crippen LogP) is 2.41. The Morgan fingerprint density at radius 1 is 1.56 bits per heavy atom. The molecule has 0 aliphatic carbocycles. The fraction of sp³-hybridized carbons (Fsp3) is 0.692. The lowest BCUT2D eigenvalue weighted by Gasteiger charge is -2.41. The zero-order chi connectivity index (χ0) is 20.1. The molecule has 1 aromatic rings. The van der Waals surface area contributed by atoms with Gasteiger partial charge in [-0.2, -0.15) is 4.98 Å². The maximum atomic E-state index is 15.1. The van der Waals surface area contributed by atoms with Crippen LogP contribution in [-0.2, 0) is 30.1 Å². The van der Waals surface area contributed by atoms with Crippen LogP contribution in [0.4, 0.5) is 19.0 Å². The lowest BCUT2D eigenvalue weighted by Crippen LogP contribution is -2.55. The Morgan fingerprint density at radius 3 is 2.81 bits per heavy atom. The molecular weight excluding hydrogens is 434 g/mol. The normalized spacial score (nSPS) is 36.4. The number of rotatable bonds is 4. The monoisotopic (exact) mass is 449 g/mol. The number of nitrogen functional groups attached to an aromatic ring is 1. The van der Waals surface area contributed by atoms with Crippen molar-refractivity contribution >= 4 is 35.9 Å². The average Bonchev–Trinajstić information content (AvgIpc) is 2.84. The van der Waals surface area contributed by atoms with Gasteiger partial charge in [0, 0.05) is 6.20 Å². The van der Waals surface area contributed by atoms with E-state index in [9.17, 15) is 13.6 Å². The number of ether oxygens (including phenoxy) is 1. The largest absolute Gasteiger partial charge is 0.382 e. The van der Waals surface area contributed by atoms with E-state index >= 15 is 4.39 Å². The topological polar surface area (TPSA) is 97.8 Å². The van der Waals surface area contributed by atoms with Gasteiger partial charge < -0.3 is 19.5 Å². The minimum atomic E-state index is -3.48. The van der Waals surface area contributed by atoms with Crippen LogP contribution >= 0.6 is 18.3 Å². The highest BCUT2D eigenvalue weighted by Gasteiger charge is 2.67. The van der Waals surface area contributed by atoms with Crippen molar-refractivity contribution in [1.29, 1.82) is 0 Å². The number of hydrogen-bond acceptors (Lipinski definition) is 8. The molecule has 3 heterocycles. The first-order valence-electron chi connectivity index (χ1n) is 7.74. The Labute approximate surface area is 161 Å². The fourth-order valence-corrected chi connectivity index (χ4v) is 5.51. The first kappa shape index (κ1) is 21.0. The number of nitrogens with zero attached hydrogens (tertiary/aromatic N) is 2. The summed E-state index contributed by atoms with van der Waals surface area (Å²) in [6.45, 7) is -0.964. The molecule has 27 heavy (non-hydrogen) atoms. The molecule has 2 fully saturated rings. The van der Waals surface area contributed by atoms with E-state index in [1.54, 1.807) is 13.8 Å². The summed E-state index contributed by atoms with van der Waals surface area (Å²) in [5, 5.41) is -0.170. The molecule has 1 unspecified atom stereocenters. The molecule has 3 rings (SSSR count). The van der Waals surface area contributed by atoms with Crippen LogP contribution in [-0.4, -0.2) is 46.6 Å². The Kier molecular flexibility index (Phi) is 5.63. The molecule has 0 saturated carbocycles. The van der Waals surface area contributed by atoms with E-state index in [2.05, 4.69) is 4.98 Å². The Morgan fingerprint density at radius 2 is 2.22 bits per heavy atom. The van der Waals surface area contributed by atoms with Gasteiger partial charge in [-0.15, -0.1) is 0 Å². The minimum absolute atomic E-state index is 0.170. The summed E-state index contributed by atoms with van der Waals surface area (Å²) in [5.74, 6) is -0.285. The zero-order valence-electron chi connectivity index (χ0n) is 14.1. The summed E-state index contributed by atoms with van der Waals surface area (Å²) >= 11 is 10.9. The summed E-state index contributed by atoms with van der Waals surface area (Å²) in [7, 11) is 0. The van der Waals surface area contributed by atoms with E-state index in [0.717, 1.165) is 6.20 Å². The highest BCUT2D eigenvalue weighted by Crippen LogP contribution is 2.61. The molecule has 0 spiro atoms. The van der Waals surface area contributed by atoms with Crippen LogP contribution in [0.5, 0.6) is 0 Å². The van der Waals surface area contributed by atoms with Crippen molar-refractivity contribution in [2.24, 2.45) is 0 Å². The first-order chi connectivity index (χ1) is 12.5. The molecule has 8 nitrogen and oxygen atoms in total. The second kappa shape index (κ2) is 7.25. The first-order valence-corrected chi connectivity index (χ1v) is 10.7. The van der Waals surface area contributed by atoms with E-state index in [1.807, 2.05) is 0 Å². The lowest BCUT2D eigenvalue weighted by molar-refractivity contribution is -0.204. The van der Waals surface area contributed by atoms with Gasteiger partial charge in [0.1, 0.15) is 11.9 Å². The summed E-state index contributed by atoms with van der Waals surface area (Å²) < 4.78 is 64.6. The van der Waals surface area contributed by atoms with Gasteiger partial charge >= 0.3 is 12.4 Å². The molecule has 5 atom stereocenters. The Bertz CT molecular complexity index is 846. The van der Waals surface area contributed by atoms with E-state index in [0.29, 0.717) is 4.57 Å².